The minimum Gasteiger partial charge on any atom is -0.329 e. The SMILES string of the molecule is CC1SCCC1(CN)NC1CCCCC1. The maximum absolute atomic E-state index is 6.00. The molecule has 1 aliphatic carbocycles. The van der Waals surface area contributed by atoms with Crippen LogP contribution in [0.1, 0.15) is 45.4 Å². The summed E-state index contributed by atoms with van der Waals surface area (Å²) in [5, 5.41) is 4.57. The molecule has 2 unspecified atom stereocenters. The third-order valence-electron chi connectivity index (χ3n) is 4.16. The van der Waals surface area contributed by atoms with Gasteiger partial charge in [0.25, 0.3) is 0 Å². The molecular formula is C12H24N2S. The lowest BCUT2D eigenvalue weighted by Gasteiger charge is -2.38. The van der Waals surface area contributed by atoms with Crippen molar-refractivity contribution < 1.29 is 0 Å². The summed E-state index contributed by atoms with van der Waals surface area (Å²) < 4.78 is 0. The minimum absolute atomic E-state index is 0.243. The van der Waals surface area contributed by atoms with Gasteiger partial charge in [-0.15, -0.1) is 0 Å². The molecule has 0 radical (unpaired) electrons. The molecule has 3 heteroatoms. The number of nitrogens with two attached hydrogens (primary N) is 1. The Morgan fingerprint density at radius 3 is 2.60 bits per heavy atom. The van der Waals surface area contributed by atoms with Crippen molar-refractivity contribution in [3.05, 3.63) is 0 Å². The van der Waals surface area contributed by atoms with Crippen molar-refractivity contribution in [2.45, 2.75) is 62.3 Å². The summed E-state index contributed by atoms with van der Waals surface area (Å²) in [6, 6.07) is 0.739. The third kappa shape index (κ3) is 2.51. The van der Waals surface area contributed by atoms with E-state index >= 15 is 0 Å². The van der Waals surface area contributed by atoms with Crippen LogP contribution in [0.15, 0.2) is 0 Å². The number of rotatable bonds is 3. The molecular weight excluding hydrogens is 204 g/mol. The van der Waals surface area contributed by atoms with Gasteiger partial charge in [-0.3, -0.25) is 0 Å². The minimum atomic E-state index is 0.243. The summed E-state index contributed by atoms with van der Waals surface area (Å²) in [4.78, 5) is 0. The van der Waals surface area contributed by atoms with Crippen LogP contribution in [0, 0.1) is 0 Å². The first-order valence-corrected chi connectivity index (χ1v) is 7.41. The van der Waals surface area contributed by atoms with Gasteiger partial charge in [0, 0.05) is 23.4 Å². The topological polar surface area (TPSA) is 38.0 Å². The smallest absolute Gasteiger partial charge is 0.0431 e. The molecule has 2 fully saturated rings. The molecule has 1 saturated carbocycles. The van der Waals surface area contributed by atoms with Gasteiger partial charge in [0.05, 0.1) is 0 Å². The van der Waals surface area contributed by atoms with Crippen LogP contribution >= 0.6 is 11.8 Å². The fraction of sp³-hybridized carbons (Fsp3) is 1.00. The highest BCUT2D eigenvalue weighted by molar-refractivity contribution is 8.00. The lowest BCUT2D eigenvalue weighted by atomic mass is 9.88. The van der Waals surface area contributed by atoms with Gasteiger partial charge in [-0.05, 0) is 25.0 Å². The third-order valence-corrected chi connectivity index (χ3v) is 5.55. The first-order chi connectivity index (χ1) is 7.27. The quantitative estimate of drug-likeness (QED) is 0.777. The molecule has 1 aliphatic heterocycles. The molecule has 2 atom stereocenters. The highest BCUT2D eigenvalue weighted by Gasteiger charge is 2.40. The van der Waals surface area contributed by atoms with Crippen LogP contribution in [0.5, 0.6) is 0 Å². The summed E-state index contributed by atoms with van der Waals surface area (Å²) in [6.07, 6.45) is 8.21. The zero-order valence-corrected chi connectivity index (χ0v) is 10.6. The Morgan fingerprint density at radius 1 is 1.33 bits per heavy atom. The summed E-state index contributed by atoms with van der Waals surface area (Å²) in [6.45, 7) is 3.14. The Balaban J connectivity index is 1.94. The van der Waals surface area contributed by atoms with E-state index in [2.05, 4.69) is 24.0 Å². The first-order valence-electron chi connectivity index (χ1n) is 6.36. The predicted molar refractivity (Wildman–Crippen MR) is 68.3 cm³/mol. The van der Waals surface area contributed by atoms with Crippen LogP contribution in [0.2, 0.25) is 0 Å². The van der Waals surface area contributed by atoms with Crippen LogP contribution in [0.3, 0.4) is 0 Å². The monoisotopic (exact) mass is 228 g/mol. The number of hydrogen-bond donors (Lipinski definition) is 2. The average molecular weight is 228 g/mol. The van der Waals surface area contributed by atoms with Crippen molar-refractivity contribution in [1.82, 2.24) is 5.32 Å². The van der Waals surface area contributed by atoms with Gasteiger partial charge < -0.3 is 11.1 Å². The highest BCUT2D eigenvalue weighted by Crippen LogP contribution is 2.36. The van der Waals surface area contributed by atoms with E-state index in [1.807, 2.05) is 0 Å². The fourth-order valence-electron chi connectivity index (χ4n) is 2.95. The van der Waals surface area contributed by atoms with Gasteiger partial charge in [0.2, 0.25) is 0 Å². The normalized spacial score (nSPS) is 38.4. The van der Waals surface area contributed by atoms with Gasteiger partial charge >= 0.3 is 0 Å². The van der Waals surface area contributed by atoms with Gasteiger partial charge in [-0.2, -0.15) is 11.8 Å². The van der Waals surface area contributed by atoms with Crippen LogP contribution in [0.25, 0.3) is 0 Å². The number of thioether (sulfide) groups is 1. The molecule has 0 aromatic heterocycles. The van der Waals surface area contributed by atoms with Crippen molar-refractivity contribution in [2.24, 2.45) is 5.73 Å². The van der Waals surface area contributed by atoms with Gasteiger partial charge in [-0.25, -0.2) is 0 Å². The Morgan fingerprint density at radius 2 is 2.07 bits per heavy atom. The molecule has 0 aromatic carbocycles. The predicted octanol–water partition coefficient (Wildman–Crippen LogP) is 2.13. The Hall–Kier alpha value is 0.270. The van der Waals surface area contributed by atoms with E-state index in [0.29, 0.717) is 5.25 Å². The molecule has 2 nitrogen and oxygen atoms in total. The second-order valence-electron chi connectivity index (χ2n) is 5.10. The molecule has 0 amide bonds. The summed E-state index contributed by atoms with van der Waals surface area (Å²) in [5.41, 5.74) is 6.24. The second-order valence-corrected chi connectivity index (χ2v) is 6.55. The van der Waals surface area contributed by atoms with Crippen LogP contribution in [-0.4, -0.2) is 29.1 Å². The molecule has 0 bridgehead atoms. The number of nitrogens with one attached hydrogen (secondary N) is 1. The van der Waals surface area contributed by atoms with Gasteiger partial charge in [0.15, 0.2) is 0 Å². The maximum atomic E-state index is 6.00. The van der Waals surface area contributed by atoms with Crippen LogP contribution in [-0.2, 0) is 0 Å². The Kier molecular flexibility index (Phi) is 3.97. The standard InChI is InChI=1S/C12H24N2S/c1-10-12(9-13,7-8-15-10)14-11-5-3-2-4-6-11/h10-11,14H,2-9,13H2,1H3. The van der Waals surface area contributed by atoms with Crippen molar-refractivity contribution in [3.8, 4) is 0 Å². The first kappa shape index (κ1) is 11.7. The molecule has 3 N–H and O–H groups in total. The lowest BCUT2D eigenvalue weighted by Crippen LogP contribution is -2.58. The molecule has 2 aliphatic rings. The van der Waals surface area contributed by atoms with E-state index in [4.69, 9.17) is 5.73 Å². The summed E-state index contributed by atoms with van der Waals surface area (Å²) >= 11 is 2.07. The summed E-state index contributed by atoms with van der Waals surface area (Å²) in [7, 11) is 0. The average Bonchev–Trinajstić information content (AvgIpc) is 2.62. The van der Waals surface area contributed by atoms with Crippen molar-refractivity contribution in [3.63, 3.8) is 0 Å². The zero-order chi connectivity index (χ0) is 10.7. The van der Waals surface area contributed by atoms with Crippen molar-refractivity contribution >= 4 is 11.8 Å². The molecule has 1 saturated heterocycles. The molecule has 88 valence electrons. The molecule has 0 spiro atoms. The largest absolute Gasteiger partial charge is 0.329 e. The van der Waals surface area contributed by atoms with E-state index in [-0.39, 0.29) is 5.54 Å². The van der Waals surface area contributed by atoms with E-state index in [0.717, 1.165) is 12.6 Å². The number of hydrogen-bond acceptors (Lipinski definition) is 3. The zero-order valence-electron chi connectivity index (χ0n) is 9.80. The van der Waals surface area contributed by atoms with E-state index in [1.54, 1.807) is 0 Å². The van der Waals surface area contributed by atoms with Gasteiger partial charge in [-0.1, -0.05) is 26.2 Å². The molecule has 0 aromatic rings. The molecule has 15 heavy (non-hydrogen) atoms. The second kappa shape index (κ2) is 5.07. The van der Waals surface area contributed by atoms with Crippen LogP contribution in [0.4, 0.5) is 0 Å². The Labute approximate surface area is 97.8 Å². The highest BCUT2D eigenvalue weighted by atomic mass is 32.2. The maximum Gasteiger partial charge on any atom is 0.0431 e. The van der Waals surface area contributed by atoms with E-state index in [9.17, 15) is 0 Å². The van der Waals surface area contributed by atoms with E-state index in [1.165, 1.54) is 44.3 Å². The fourth-order valence-corrected chi connectivity index (χ4v) is 4.39. The lowest BCUT2D eigenvalue weighted by molar-refractivity contribution is 0.252. The van der Waals surface area contributed by atoms with Gasteiger partial charge in [0.1, 0.15) is 0 Å². The van der Waals surface area contributed by atoms with Crippen molar-refractivity contribution in [1.29, 1.82) is 0 Å². The van der Waals surface area contributed by atoms with E-state index < -0.39 is 0 Å². The van der Waals surface area contributed by atoms with Crippen LogP contribution < -0.4 is 11.1 Å². The molecule has 2 rings (SSSR count). The summed E-state index contributed by atoms with van der Waals surface area (Å²) in [5.74, 6) is 1.28. The Bertz CT molecular complexity index is 204. The van der Waals surface area contributed by atoms with Crippen molar-refractivity contribution in [2.75, 3.05) is 12.3 Å². The molecule has 1 heterocycles.